The van der Waals surface area contributed by atoms with Crippen molar-refractivity contribution >= 4 is 5.91 Å². The quantitative estimate of drug-likeness (QED) is 0.741. The van der Waals surface area contributed by atoms with E-state index in [9.17, 15) is 18.0 Å². The molecule has 7 heteroatoms. The summed E-state index contributed by atoms with van der Waals surface area (Å²) in [6, 6.07) is 0. The third-order valence-electron chi connectivity index (χ3n) is 6.23. The predicted octanol–water partition coefficient (Wildman–Crippen LogP) is 3.36. The molecule has 2 atom stereocenters. The van der Waals surface area contributed by atoms with Crippen LogP contribution in [0, 0.1) is 17.8 Å². The fourth-order valence-corrected chi connectivity index (χ4v) is 4.52. The van der Waals surface area contributed by atoms with Crippen LogP contribution in [0.2, 0.25) is 0 Å². The fraction of sp³-hybridized carbons (Fsp3) is 0.947. The number of ether oxygens (including phenoxy) is 1. The van der Waals surface area contributed by atoms with E-state index in [4.69, 9.17) is 4.74 Å². The number of halogens is 3. The highest BCUT2D eigenvalue weighted by Gasteiger charge is 2.42. The first-order valence-electron chi connectivity index (χ1n) is 10.1. The molecule has 2 heterocycles. The number of carbonyl (C=O) groups excluding carboxylic acids is 1. The van der Waals surface area contributed by atoms with E-state index in [0.29, 0.717) is 13.1 Å². The van der Waals surface area contributed by atoms with Crippen molar-refractivity contribution in [2.24, 2.45) is 17.8 Å². The van der Waals surface area contributed by atoms with Gasteiger partial charge < -0.3 is 15.0 Å². The Labute approximate surface area is 153 Å². The van der Waals surface area contributed by atoms with Gasteiger partial charge in [0.2, 0.25) is 5.91 Å². The Morgan fingerprint density at radius 2 is 1.81 bits per heavy atom. The van der Waals surface area contributed by atoms with Gasteiger partial charge in [-0.15, -0.1) is 0 Å². The number of alkyl halides is 3. The molecule has 1 N–H and O–H groups in total. The largest absolute Gasteiger partial charge is 0.389 e. The molecule has 26 heavy (non-hydrogen) atoms. The minimum atomic E-state index is -4.26. The van der Waals surface area contributed by atoms with Gasteiger partial charge in [0.1, 0.15) is 0 Å². The first-order chi connectivity index (χ1) is 12.4. The van der Waals surface area contributed by atoms with Crippen LogP contribution >= 0.6 is 0 Å². The molecule has 1 aliphatic carbocycles. The van der Waals surface area contributed by atoms with Gasteiger partial charge in [0.05, 0.1) is 12.5 Å². The van der Waals surface area contributed by atoms with E-state index in [1.807, 2.05) is 0 Å². The number of hydrogen-bond acceptors (Lipinski definition) is 3. The summed E-state index contributed by atoms with van der Waals surface area (Å²) in [5.74, 6) is 2.23. The summed E-state index contributed by atoms with van der Waals surface area (Å²) in [6.07, 6.45) is 0.992. The van der Waals surface area contributed by atoms with E-state index >= 15 is 0 Å². The van der Waals surface area contributed by atoms with Gasteiger partial charge >= 0.3 is 6.18 Å². The maximum absolute atomic E-state index is 12.2. The molecule has 1 saturated carbocycles. The summed E-state index contributed by atoms with van der Waals surface area (Å²) in [5, 5.41) is 3.42. The number of rotatable bonds is 7. The first kappa shape index (κ1) is 19.9. The third-order valence-corrected chi connectivity index (χ3v) is 6.23. The number of nitrogens with one attached hydrogen (secondary N) is 1. The van der Waals surface area contributed by atoms with Crippen LogP contribution in [0.25, 0.3) is 0 Å². The normalized spacial score (nSPS) is 28.3. The number of likely N-dealkylation sites (tertiary alicyclic amines) is 1. The second kappa shape index (κ2) is 8.91. The minimum Gasteiger partial charge on any atom is -0.378 e. The van der Waals surface area contributed by atoms with Crippen LogP contribution in [0.5, 0.6) is 0 Å². The van der Waals surface area contributed by atoms with E-state index < -0.39 is 19.0 Å². The third kappa shape index (κ3) is 6.12. The molecule has 3 rings (SSSR count). The van der Waals surface area contributed by atoms with Crippen LogP contribution in [0.4, 0.5) is 13.2 Å². The second-order valence-corrected chi connectivity index (χ2v) is 8.10. The van der Waals surface area contributed by atoms with Gasteiger partial charge in [0.25, 0.3) is 0 Å². The lowest BCUT2D eigenvalue weighted by atomic mass is 9.91. The van der Waals surface area contributed by atoms with E-state index in [0.717, 1.165) is 56.7 Å². The van der Waals surface area contributed by atoms with Gasteiger partial charge in [-0.2, -0.15) is 13.2 Å². The molecule has 3 fully saturated rings. The Balaban J connectivity index is 1.25. The van der Waals surface area contributed by atoms with Crippen molar-refractivity contribution in [1.29, 1.82) is 0 Å². The fourth-order valence-electron chi connectivity index (χ4n) is 4.52. The van der Waals surface area contributed by atoms with Crippen LogP contribution in [-0.2, 0) is 9.53 Å². The summed E-state index contributed by atoms with van der Waals surface area (Å²) in [5.41, 5.74) is 0. The van der Waals surface area contributed by atoms with E-state index in [-0.39, 0.29) is 12.0 Å². The molecule has 0 spiro atoms. The summed E-state index contributed by atoms with van der Waals surface area (Å²) >= 11 is 0. The Morgan fingerprint density at radius 1 is 1.12 bits per heavy atom. The molecule has 0 aromatic rings. The Bertz CT molecular complexity index is 458. The Kier molecular flexibility index (Phi) is 6.83. The molecule has 1 amide bonds. The lowest BCUT2D eigenvalue weighted by molar-refractivity contribution is -0.150. The molecule has 2 saturated heterocycles. The van der Waals surface area contributed by atoms with Gasteiger partial charge in [-0.1, -0.05) is 0 Å². The topological polar surface area (TPSA) is 41.6 Å². The highest BCUT2D eigenvalue weighted by molar-refractivity contribution is 5.76. The first-order valence-corrected chi connectivity index (χ1v) is 10.1. The molecule has 150 valence electrons. The van der Waals surface area contributed by atoms with Crippen molar-refractivity contribution in [1.82, 2.24) is 10.2 Å². The van der Waals surface area contributed by atoms with Gasteiger partial charge in [-0.25, -0.2) is 0 Å². The Morgan fingerprint density at radius 3 is 2.46 bits per heavy atom. The number of hydrogen-bond donors (Lipinski definition) is 1. The molecule has 4 nitrogen and oxygen atoms in total. The van der Waals surface area contributed by atoms with Crippen LogP contribution in [0.3, 0.4) is 0 Å². The lowest BCUT2D eigenvalue weighted by Crippen LogP contribution is -2.41. The molecule has 0 aromatic heterocycles. The molecule has 2 aliphatic heterocycles. The zero-order valence-electron chi connectivity index (χ0n) is 15.4. The zero-order valence-corrected chi connectivity index (χ0v) is 15.4. The van der Waals surface area contributed by atoms with E-state index in [1.165, 1.54) is 19.3 Å². The maximum Gasteiger partial charge on any atom is 0.389 e. The van der Waals surface area contributed by atoms with Crippen molar-refractivity contribution in [2.45, 2.75) is 63.6 Å². The smallest absolute Gasteiger partial charge is 0.378 e. The van der Waals surface area contributed by atoms with Crippen LogP contribution < -0.4 is 5.32 Å². The summed E-state index contributed by atoms with van der Waals surface area (Å²) < 4.78 is 42.6. The van der Waals surface area contributed by atoms with Gasteiger partial charge in [0.15, 0.2) is 0 Å². The van der Waals surface area contributed by atoms with Gasteiger partial charge in [-0.3, -0.25) is 4.79 Å². The van der Waals surface area contributed by atoms with Crippen molar-refractivity contribution in [3.05, 3.63) is 0 Å². The van der Waals surface area contributed by atoms with Crippen LogP contribution in [-0.4, -0.2) is 55.9 Å². The monoisotopic (exact) mass is 376 g/mol. The lowest BCUT2D eigenvalue weighted by Gasteiger charge is -2.32. The minimum absolute atomic E-state index is 0.151. The average Bonchev–Trinajstić information content (AvgIpc) is 3.40. The summed E-state index contributed by atoms with van der Waals surface area (Å²) in [7, 11) is 0. The number of nitrogens with zero attached hydrogens (tertiary/aromatic N) is 1. The van der Waals surface area contributed by atoms with Gasteiger partial charge in [0, 0.05) is 26.1 Å². The maximum atomic E-state index is 12.2. The second-order valence-electron chi connectivity index (χ2n) is 8.10. The standard InChI is InChI=1S/C19H31F3N2O2/c20-19(21,22)7-1-18(25)24-10-4-16(5-11-24)26-12-6-15-13-17(15)14-2-8-23-9-3-14/h14-17,23H,1-13H2/t15-,17-/m1/s1. The van der Waals surface area contributed by atoms with Crippen molar-refractivity contribution in [2.75, 3.05) is 32.8 Å². The van der Waals surface area contributed by atoms with Crippen LogP contribution in [0.1, 0.15) is 51.4 Å². The number of piperidine rings is 2. The number of amides is 1. The number of carbonyl (C=O) groups is 1. The molecule has 0 unspecified atom stereocenters. The van der Waals surface area contributed by atoms with E-state index in [1.54, 1.807) is 4.90 Å². The van der Waals surface area contributed by atoms with Crippen LogP contribution in [0.15, 0.2) is 0 Å². The SMILES string of the molecule is O=C(CCC(F)(F)F)N1CCC(OCC[C@@H]2C[C@@H]2C2CCNCC2)CC1. The molecule has 3 aliphatic rings. The van der Waals surface area contributed by atoms with Crippen molar-refractivity contribution < 1.29 is 22.7 Å². The predicted molar refractivity (Wildman–Crippen MR) is 92.7 cm³/mol. The highest BCUT2D eigenvalue weighted by Crippen LogP contribution is 2.49. The summed E-state index contributed by atoms with van der Waals surface area (Å²) in [6.45, 7) is 4.12. The van der Waals surface area contributed by atoms with Crippen molar-refractivity contribution in [3.63, 3.8) is 0 Å². The van der Waals surface area contributed by atoms with E-state index in [2.05, 4.69) is 5.32 Å². The van der Waals surface area contributed by atoms with Crippen molar-refractivity contribution in [3.8, 4) is 0 Å². The molecule has 0 radical (unpaired) electrons. The van der Waals surface area contributed by atoms with Gasteiger partial charge in [-0.05, 0) is 69.4 Å². The zero-order chi connectivity index (χ0) is 18.6. The Hall–Kier alpha value is -0.820. The summed E-state index contributed by atoms with van der Waals surface area (Å²) in [4.78, 5) is 13.4. The molecular formula is C19H31F3N2O2. The molecule has 0 bridgehead atoms. The average molecular weight is 376 g/mol. The molecule has 0 aromatic carbocycles. The molecular weight excluding hydrogens is 345 g/mol. The highest BCUT2D eigenvalue weighted by atomic mass is 19.4.